The fourth-order valence-electron chi connectivity index (χ4n) is 3.18. The van der Waals surface area contributed by atoms with Gasteiger partial charge < -0.3 is 19.5 Å². The van der Waals surface area contributed by atoms with Crippen LogP contribution < -0.4 is 5.32 Å². The van der Waals surface area contributed by atoms with Crippen molar-refractivity contribution in [1.82, 2.24) is 14.8 Å². The van der Waals surface area contributed by atoms with Crippen molar-refractivity contribution in [2.75, 3.05) is 31.5 Å². The SMILES string of the molecule is O=C(Cc1ccc2ncoc2c1)N1CCN(C(=O)Nc2ccccc2)CC1. The highest BCUT2D eigenvalue weighted by molar-refractivity contribution is 5.89. The lowest BCUT2D eigenvalue weighted by Crippen LogP contribution is -2.52. The van der Waals surface area contributed by atoms with E-state index in [1.165, 1.54) is 6.39 Å². The summed E-state index contributed by atoms with van der Waals surface area (Å²) in [6, 6.07) is 14.8. The van der Waals surface area contributed by atoms with Gasteiger partial charge >= 0.3 is 6.03 Å². The highest BCUT2D eigenvalue weighted by Crippen LogP contribution is 2.16. The first-order chi connectivity index (χ1) is 13.2. The molecule has 1 aliphatic heterocycles. The van der Waals surface area contributed by atoms with E-state index in [1.807, 2.05) is 48.5 Å². The Morgan fingerprint density at radius 2 is 1.74 bits per heavy atom. The van der Waals surface area contributed by atoms with E-state index in [-0.39, 0.29) is 11.9 Å². The number of nitrogens with zero attached hydrogens (tertiary/aromatic N) is 3. The molecule has 138 valence electrons. The lowest BCUT2D eigenvalue weighted by Gasteiger charge is -2.34. The number of benzene rings is 2. The van der Waals surface area contributed by atoms with E-state index in [9.17, 15) is 9.59 Å². The molecular weight excluding hydrogens is 344 g/mol. The minimum absolute atomic E-state index is 0.0528. The zero-order valence-corrected chi connectivity index (χ0v) is 14.8. The van der Waals surface area contributed by atoms with E-state index in [2.05, 4.69) is 10.3 Å². The van der Waals surface area contributed by atoms with E-state index in [1.54, 1.807) is 9.80 Å². The van der Waals surface area contributed by atoms with Crippen LogP contribution in [0.5, 0.6) is 0 Å². The number of amides is 3. The number of nitrogens with one attached hydrogen (secondary N) is 1. The summed E-state index contributed by atoms with van der Waals surface area (Å²) in [4.78, 5) is 32.5. The molecule has 3 amide bonds. The summed E-state index contributed by atoms with van der Waals surface area (Å²) in [5, 5.41) is 2.88. The third kappa shape index (κ3) is 3.92. The zero-order valence-electron chi connectivity index (χ0n) is 14.8. The third-order valence-corrected chi connectivity index (χ3v) is 4.70. The first-order valence-electron chi connectivity index (χ1n) is 8.90. The number of urea groups is 1. The molecule has 1 fully saturated rings. The zero-order chi connectivity index (χ0) is 18.6. The molecule has 2 aromatic carbocycles. The summed E-state index contributed by atoms with van der Waals surface area (Å²) in [5.41, 5.74) is 3.13. The Kier molecular flexibility index (Phi) is 4.74. The maximum absolute atomic E-state index is 12.6. The Hall–Kier alpha value is -3.35. The number of fused-ring (bicyclic) bond motifs is 1. The molecule has 1 saturated heterocycles. The van der Waals surface area contributed by atoms with Crippen LogP contribution in [0.15, 0.2) is 59.3 Å². The van der Waals surface area contributed by atoms with E-state index < -0.39 is 0 Å². The summed E-state index contributed by atoms with van der Waals surface area (Å²) in [6.45, 7) is 2.11. The van der Waals surface area contributed by atoms with Gasteiger partial charge in [0.05, 0.1) is 6.42 Å². The van der Waals surface area contributed by atoms with Crippen LogP contribution in [0.25, 0.3) is 11.1 Å². The predicted molar refractivity (Wildman–Crippen MR) is 101 cm³/mol. The van der Waals surface area contributed by atoms with Crippen molar-refractivity contribution in [3.63, 3.8) is 0 Å². The molecular formula is C20H20N4O3. The number of hydrogen-bond acceptors (Lipinski definition) is 4. The van der Waals surface area contributed by atoms with Crippen molar-refractivity contribution < 1.29 is 14.0 Å². The van der Waals surface area contributed by atoms with Gasteiger partial charge in [-0.3, -0.25) is 4.79 Å². The summed E-state index contributed by atoms with van der Waals surface area (Å²) in [7, 11) is 0. The standard InChI is InChI=1S/C20H20N4O3/c25-19(13-15-6-7-17-18(12-15)27-14-21-17)23-8-10-24(11-9-23)20(26)22-16-4-2-1-3-5-16/h1-7,12,14H,8-11,13H2,(H,22,26). The Balaban J connectivity index is 1.30. The highest BCUT2D eigenvalue weighted by Gasteiger charge is 2.24. The molecule has 27 heavy (non-hydrogen) atoms. The van der Waals surface area contributed by atoms with E-state index >= 15 is 0 Å². The van der Waals surface area contributed by atoms with Gasteiger partial charge in [0, 0.05) is 31.9 Å². The van der Waals surface area contributed by atoms with Crippen LogP contribution in [0, 0.1) is 0 Å². The molecule has 0 bridgehead atoms. The molecule has 1 aliphatic rings. The molecule has 7 nitrogen and oxygen atoms in total. The van der Waals surface area contributed by atoms with Crippen LogP contribution in [0.4, 0.5) is 10.5 Å². The lowest BCUT2D eigenvalue weighted by molar-refractivity contribution is -0.131. The number of oxazole rings is 1. The van der Waals surface area contributed by atoms with Crippen LogP contribution >= 0.6 is 0 Å². The van der Waals surface area contributed by atoms with Crippen molar-refractivity contribution in [1.29, 1.82) is 0 Å². The number of anilines is 1. The number of hydrogen-bond donors (Lipinski definition) is 1. The first kappa shape index (κ1) is 17.1. The van der Waals surface area contributed by atoms with Gasteiger partial charge in [0.2, 0.25) is 5.91 Å². The normalized spacial score (nSPS) is 14.4. The molecule has 2 heterocycles. The van der Waals surface area contributed by atoms with Gasteiger partial charge in [-0.1, -0.05) is 24.3 Å². The van der Waals surface area contributed by atoms with Gasteiger partial charge in [-0.05, 0) is 29.8 Å². The maximum Gasteiger partial charge on any atom is 0.321 e. The predicted octanol–water partition coefficient (Wildman–Crippen LogP) is 2.75. The van der Waals surface area contributed by atoms with Crippen molar-refractivity contribution >= 4 is 28.7 Å². The summed E-state index contributed by atoms with van der Waals surface area (Å²) < 4.78 is 5.29. The van der Waals surface area contributed by atoms with Crippen LogP contribution in [0.1, 0.15) is 5.56 Å². The van der Waals surface area contributed by atoms with Gasteiger partial charge in [-0.15, -0.1) is 0 Å². The molecule has 0 aliphatic carbocycles. The van der Waals surface area contributed by atoms with Gasteiger partial charge in [-0.2, -0.15) is 0 Å². The van der Waals surface area contributed by atoms with Gasteiger partial charge in [0.15, 0.2) is 12.0 Å². The fraction of sp³-hybridized carbons (Fsp3) is 0.250. The highest BCUT2D eigenvalue weighted by atomic mass is 16.3. The largest absolute Gasteiger partial charge is 0.443 e. The van der Waals surface area contributed by atoms with Crippen LogP contribution in [-0.2, 0) is 11.2 Å². The van der Waals surface area contributed by atoms with Crippen LogP contribution in [0.2, 0.25) is 0 Å². The summed E-state index contributed by atoms with van der Waals surface area (Å²) >= 11 is 0. The minimum atomic E-state index is -0.135. The number of carbonyl (C=O) groups excluding carboxylic acids is 2. The second kappa shape index (κ2) is 7.49. The summed E-state index contributed by atoms with van der Waals surface area (Å²) in [5.74, 6) is 0.0528. The lowest BCUT2D eigenvalue weighted by atomic mass is 10.1. The van der Waals surface area contributed by atoms with Crippen molar-refractivity contribution in [2.24, 2.45) is 0 Å². The number of piperazine rings is 1. The van der Waals surface area contributed by atoms with E-state index in [4.69, 9.17) is 4.42 Å². The Labute approximate surface area is 156 Å². The van der Waals surface area contributed by atoms with Crippen molar-refractivity contribution in [2.45, 2.75) is 6.42 Å². The molecule has 0 atom stereocenters. The molecule has 3 aromatic rings. The molecule has 1 aromatic heterocycles. The molecule has 7 heteroatoms. The molecule has 0 saturated carbocycles. The molecule has 0 unspecified atom stereocenters. The molecule has 1 N–H and O–H groups in total. The topological polar surface area (TPSA) is 78.7 Å². The Morgan fingerprint density at radius 3 is 2.52 bits per heavy atom. The molecule has 0 spiro atoms. The molecule has 0 radical (unpaired) electrons. The van der Waals surface area contributed by atoms with Crippen molar-refractivity contribution in [3.8, 4) is 0 Å². The average Bonchev–Trinajstić information content (AvgIpc) is 3.16. The number of aromatic nitrogens is 1. The number of rotatable bonds is 3. The number of carbonyl (C=O) groups is 2. The maximum atomic E-state index is 12.6. The average molecular weight is 364 g/mol. The third-order valence-electron chi connectivity index (χ3n) is 4.70. The number of para-hydroxylation sites is 1. The van der Waals surface area contributed by atoms with Gasteiger partial charge in [-0.25, -0.2) is 9.78 Å². The summed E-state index contributed by atoms with van der Waals surface area (Å²) in [6.07, 6.45) is 1.71. The molecule has 4 rings (SSSR count). The van der Waals surface area contributed by atoms with Gasteiger partial charge in [0.25, 0.3) is 0 Å². The quantitative estimate of drug-likeness (QED) is 0.775. The van der Waals surface area contributed by atoms with Gasteiger partial charge in [0.1, 0.15) is 5.52 Å². The van der Waals surface area contributed by atoms with Crippen molar-refractivity contribution in [3.05, 3.63) is 60.5 Å². The van der Waals surface area contributed by atoms with Crippen LogP contribution in [0.3, 0.4) is 0 Å². The van der Waals surface area contributed by atoms with Crippen LogP contribution in [-0.4, -0.2) is 52.9 Å². The second-order valence-electron chi connectivity index (χ2n) is 6.50. The Morgan fingerprint density at radius 1 is 1.00 bits per heavy atom. The minimum Gasteiger partial charge on any atom is -0.443 e. The first-order valence-corrected chi connectivity index (χ1v) is 8.90. The van der Waals surface area contributed by atoms with E-state index in [0.29, 0.717) is 38.2 Å². The smallest absolute Gasteiger partial charge is 0.321 e. The fourth-order valence-corrected chi connectivity index (χ4v) is 3.18. The Bertz CT molecular complexity index is 946. The van der Waals surface area contributed by atoms with E-state index in [0.717, 1.165) is 16.8 Å². The second-order valence-corrected chi connectivity index (χ2v) is 6.50. The monoisotopic (exact) mass is 364 g/mol.